The molecule has 160 valence electrons. The molecule has 0 aromatic carbocycles. The molecule has 5 unspecified atom stereocenters. The quantitative estimate of drug-likeness (QED) is 0.467. The Morgan fingerprint density at radius 1 is 1.11 bits per heavy atom. The van der Waals surface area contributed by atoms with Crippen LogP contribution in [0, 0.1) is 40.9 Å². The second-order valence-corrected chi connectivity index (χ2v) is 11.2. The van der Waals surface area contributed by atoms with Gasteiger partial charge >= 0.3 is 0 Å². The van der Waals surface area contributed by atoms with Gasteiger partial charge in [-0.1, -0.05) is 64.8 Å². The highest BCUT2D eigenvalue weighted by molar-refractivity contribution is 5.12. The SMILES string of the molecule is CC(C)C/C=C/[C@H](C)C1CCC2C(C/C=C3/C[C@H](O)CCC3C)CCCC21C. The molecule has 1 nitrogen and oxygen atoms in total. The van der Waals surface area contributed by atoms with Crippen LogP contribution in [-0.2, 0) is 0 Å². The van der Waals surface area contributed by atoms with Crippen LogP contribution in [0.5, 0.6) is 0 Å². The third-order valence-corrected chi connectivity index (χ3v) is 8.74. The third-order valence-electron chi connectivity index (χ3n) is 8.74. The first kappa shape index (κ1) is 22.1. The fraction of sp³-hybridized carbons (Fsp3) is 0.852. The minimum atomic E-state index is -0.0894. The van der Waals surface area contributed by atoms with E-state index in [4.69, 9.17) is 0 Å². The Labute approximate surface area is 175 Å². The highest BCUT2D eigenvalue weighted by atomic mass is 16.3. The van der Waals surface area contributed by atoms with Gasteiger partial charge in [0, 0.05) is 0 Å². The highest BCUT2D eigenvalue weighted by Gasteiger charge is 2.51. The number of fused-ring (bicyclic) bond motifs is 1. The summed E-state index contributed by atoms with van der Waals surface area (Å²) in [5.74, 6) is 4.82. The zero-order chi connectivity index (χ0) is 20.3. The van der Waals surface area contributed by atoms with Gasteiger partial charge in [-0.3, -0.25) is 0 Å². The predicted octanol–water partition coefficient (Wildman–Crippen LogP) is 7.55. The largest absolute Gasteiger partial charge is 0.393 e. The van der Waals surface area contributed by atoms with Crippen LogP contribution in [0.4, 0.5) is 0 Å². The Hall–Kier alpha value is -0.560. The fourth-order valence-corrected chi connectivity index (χ4v) is 7.02. The van der Waals surface area contributed by atoms with Crippen LogP contribution in [0.25, 0.3) is 0 Å². The Morgan fingerprint density at radius 2 is 1.89 bits per heavy atom. The zero-order valence-electron chi connectivity index (χ0n) is 19.3. The van der Waals surface area contributed by atoms with Gasteiger partial charge in [0.05, 0.1) is 6.10 Å². The minimum absolute atomic E-state index is 0.0894. The molecule has 0 bridgehead atoms. The molecule has 28 heavy (non-hydrogen) atoms. The van der Waals surface area contributed by atoms with E-state index in [1.54, 1.807) is 5.57 Å². The molecule has 0 heterocycles. The van der Waals surface area contributed by atoms with E-state index in [0.29, 0.717) is 11.3 Å². The summed E-state index contributed by atoms with van der Waals surface area (Å²) in [6.45, 7) is 12.1. The Balaban J connectivity index is 1.65. The summed E-state index contributed by atoms with van der Waals surface area (Å²) in [6.07, 6.45) is 20.2. The number of hydrogen-bond acceptors (Lipinski definition) is 1. The van der Waals surface area contributed by atoms with E-state index in [2.05, 4.69) is 52.8 Å². The topological polar surface area (TPSA) is 20.2 Å². The molecule has 0 amide bonds. The summed E-state index contributed by atoms with van der Waals surface area (Å²) in [5.41, 5.74) is 2.09. The number of rotatable bonds is 6. The van der Waals surface area contributed by atoms with E-state index in [0.717, 1.165) is 42.4 Å². The minimum Gasteiger partial charge on any atom is -0.393 e. The molecule has 3 saturated carbocycles. The second kappa shape index (κ2) is 9.50. The molecule has 1 N–H and O–H groups in total. The zero-order valence-corrected chi connectivity index (χ0v) is 19.3. The summed E-state index contributed by atoms with van der Waals surface area (Å²) < 4.78 is 0. The molecule has 0 aromatic heterocycles. The summed E-state index contributed by atoms with van der Waals surface area (Å²) in [6, 6.07) is 0. The van der Waals surface area contributed by atoms with Gasteiger partial charge < -0.3 is 5.11 Å². The van der Waals surface area contributed by atoms with Crippen molar-refractivity contribution in [1.82, 2.24) is 0 Å². The van der Waals surface area contributed by atoms with Gasteiger partial charge in [0.1, 0.15) is 0 Å². The number of aliphatic hydroxyl groups excluding tert-OH is 1. The van der Waals surface area contributed by atoms with Crippen LogP contribution >= 0.6 is 0 Å². The fourth-order valence-electron chi connectivity index (χ4n) is 7.02. The summed E-state index contributed by atoms with van der Waals surface area (Å²) in [4.78, 5) is 0. The van der Waals surface area contributed by atoms with E-state index in [9.17, 15) is 5.11 Å². The van der Waals surface area contributed by atoms with E-state index in [1.807, 2.05) is 0 Å². The normalized spacial score (nSPS) is 41.7. The molecule has 3 fully saturated rings. The maximum absolute atomic E-state index is 10.1. The Morgan fingerprint density at radius 3 is 2.64 bits per heavy atom. The van der Waals surface area contributed by atoms with Crippen molar-refractivity contribution < 1.29 is 5.11 Å². The molecule has 0 spiro atoms. The molecular formula is C27H46O. The van der Waals surface area contributed by atoms with Crippen LogP contribution in [0.2, 0.25) is 0 Å². The van der Waals surface area contributed by atoms with E-state index >= 15 is 0 Å². The summed E-state index contributed by atoms with van der Waals surface area (Å²) in [7, 11) is 0. The first-order valence-electron chi connectivity index (χ1n) is 12.3. The summed E-state index contributed by atoms with van der Waals surface area (Å²) >= 11 is 0. The van der Waals surface area contributed by atoms with Crippen LogP contribution in [-0.4, -0.2) is 11.2 Å². The van der Waals surface area contributed by atoms with Gasteiger partial charge in [0.2, 0.25) is 0 Å². The predicted molar refractivity (Wildman–Crippen MR) is 121 cm³/mol. The van der Waals surface area contributed by atoms with Gasteiger partial charge in [0.15, 0.2) is 0 Å². The van der Waals surface area contributed by atoms with Crippen molar-refractivity contribution in [3.05, 3.63) is 23.8 Å². The second-order valence-electron chi connectivity index (χ2n) is 11.2. The third kappa shape index (κ3) is 4.94. The first-order chi connectivity index (χ1) is 13.3. The smallest absolute Gasteiger partial charge is 0.0577 e. The van der Waals surface area contributed by atoms with Gasteiger partial charge in [0.25, 0.3) is 0 Å². The van der Waals surface area contributed by atoms with Crippen molar-refractivity contribution in [3.8, 4) is 0 Å². The first-order valence-corrected chi connectivity index (χ1v) is 12.3. The van der Waals surface area contributed by atoms with Crippen LogP contribution in [0.1, 0.15) is 98.8 Å². The van der Waals surface area contributed by atoms with Gasteiger partial charge in [-0.2, -0.15) is 0 Å². The van der Waals surface area contributed by atoms with Gasteiger partial charge in [-0.05, 0) is 98.7 Å². The molecule has 0 saturated heterocycles. The molecule has 3 aliphatic carbocycles. The van der Waals surface area contributed by atoms with Crippen molar-refractivity contribution in [2.24, 2.45) is 40.9 Å². The average molecular weight is 387 g/mol. The lowest BCUT2D eigenvalue weighted by Crippen LogP contribution is -2.38. The van der Waals surface area contributed by atoms with Crippen LogP contribution < -0.4 is 0 Å². The Bertz CT molecular complexity index is 559. The van der Waals surface area contributed by atoms with Crippen molar-refractivity contribution >= 4 is 0 Å². The van der Waals surface area contributed by atoms with Gasteiger partial charge in [-0.25, -0.2) is 0 Å². The highest BCUT2D eigenvalue weighted by Crippen LogP contribution is 2.60. The standard InChI is InChI=1S/C27H46O/c1-19(2)8-6-9-21(4)25-15-16-26-22(10-7-17-27(25,26)5)12-13-23-18-24(28)14-11-20(23)3/h6,9,13,19-22,24-26,28H,7-8,10-12,14-18H2,1-5H3/b9-6+,23-13-/t20?,21-,22?,24+,25?,26?,27?/m0/s1. The lowest BCUT2D eigenvalue weighted by molar-refractivity contribution is 0.0392. The van der Waals surface area contributed by atoms with E-state index in [1.165, 1.54) is 51.4 Å². The molecule has 0 aromatic rings. The molecular weight excluding hydrogens is 340 g/mol. The summed E-state index contributed by atoms with van der Waals surface area (Å²) in [5, 5.41) is 10.1. The van der Waals surface area contributed by atoms with E-state index < -0.39 is 0 Å². The lowest BCUT2D eigenvalue weighted by Gasteiger charge is -2.46. The molecule has 3 rings (SSSR count). The average Bonchev–Trinajstić information content (AvgIpc) is 2.99. The van der Waals surface area contributed by atoms with Crippen molar-refractivity contribution in [2.45, 2.75) is 105 Å². The molecule has 7 atom stereocenters. The number of hydrogen-bond donors (Lipinski definition) is 1. The van der Waals surface area contributed by atoms with Crippen LogP contribution in [0.15, 0.2) is 23.8 Å². The van der Waals surface area contributed by atoms with Crippen molar-refractivity contribution in [1.29, 1.82) is 0 Å². The number of allylic oxidation sites excluding steroid dienone is 3. The molecule has 3 aliphatic rings. The van der Waals surface area contributed by atoms with Crippen molar-refractivity contribution in [2.75, 3.05) is 0 Å². The Kier molecular flexibility index (Phi) is 7.51. The van der Waals surface area contributed by atoms with E-state index in [-0.39, 0.29) is 6.10 Å². The molecule has 0 radical (unpaired) electrons. The van der Waals surface area contributed by atoms with Crippen molar-refractivity contribution in [3.63, 3.8) is 0 Å². The van der Waals surface area contributed by atoms with Gasteiger partial charge in [-0.15, -0.1) is 0 Å². The number of aliphatic hydroxyl groups is 1. The maximum Gasteiger partial charge on any atom is 0.0577 e. The lowest BCUT2D eigenvalue weighted by atomic mass is 9.58. The molecule has 0 aliphatic heterocycles. The molecule has 1 heteroatoms. The maximum atomic E-state index is 10.1. The van der Waals surface area contributed by atoms with Crippen LogP contribution in [0.3, 0.4) is 0 Å². The monoisotopic (exact) mass is 386 g/mol.